The van der Waals surface area contributed by atoms with Gasteiger partial charge in [0.25, 0.3) is 0 Å². The van der Waals surface area contributed by atoms with E-state index in [4.69, 9.17) is 22.1 Å². The van der Waals surface area contributed by atoms with Crippen LogP contribution in [0.3, 0.4) is 0 Å². The normalized spacial score (nSPS) is 27.2. The van der Waals surface area contributed by atoms with Gasteiger partial charge in [-0.25, -0.2) is 0 Å². The van der Waals surface area contributed by atoms with Crippen molar-refractivity contribution in [1.82, 2.24) is 9.80 Å². The van der Waals surface area contributed by atoms with E-state index < -0.39 is 5.54 Å². The number of amides is 1. The molecule has 0 bridgehead atoms. The quantitative estimate of drug-likeness (QED) is 0.904. The number of nitrogens with zero attached hydrogens (tertiary/aromatic N) is 2. The lowest BCUT2D eigenvalue weighted by molar-refractivity contribution is -0.138. The molecule has 1 atom stereocenters. The van der Waals surface area contributed by atoms with Crippen LogP contribution in [-0.4, -0.2) is 60.6 Å². The molecule has 3 rings (SSSR count). The molecule has 0 aromatic carbocycles. The van der Waals surface area contributed by atoms with Crippen LogP contribution >= 0.6 is 22.9 Å². The van der Waals surface area contributed by atoms with E-state index in [9.17, 15) is 4.79 Å². The van der Waals surface area contributed by atoms with Crippen LogP contribution in [0.1, 0.15) is 11.3 Å². The van der Waals surface area contributed by atoms with E-state index in [-0.39, 0.29) is 5.91 Å². The van der Waals surface area contributed by atoms with Gasteiger partial charge in [0.05, 0.1) is 10.9 Å². The lowest BCUT2D eigenvalue weighted by Crippen LogP contribution is -2.59. The first kappa shape index (κ1) is 15.2. The summed E-state index contributed by atoms with van der Waals surface area (Å²) in [4.78, 5) is 18.0. The molecular weight excluding hydrogens is 310 g/mol. The lowest BCUT2D eigenvalue weighted by atomic mass is 9.98. The fourth-order valence-electron chi connectivity index (χ4n) is 2.83. The number of hydrogen-bond donors (Lipinski definition) is 1. The van der Waals surface area contributed by atoms with Gasteiger partial charge in [-0.1, -0.05) is 11.6 Å². The van der Waals surface area contributed by atoms with Crippen LogP contribution in [0.2, 0.25) is 4.34 Å². The van der Waals surface area contributed by atoms with Crippen molar-refractivity contribution in [3.63, 3.8) is 0 Å². The van der Waals surface area contributed by atoms with Crippen LogP contribution < -0.4 is 5.73 Å². The summed E-state index contributed by atoms with van der Waals surface area (Å²) in [7, 11) is 0. The molecule has 5 nitrogen and oxygen atoms in total. The number of nitrogens with two attached hydrogens (primary N) is 1. The second-order valence-corrected chi connectivity index (χ2v) is 7.53. The largest absolute Gasteiger partial charge is 0.379 e. The SMILES string of the molecule is NC1(C(=O)N2CCN(Cc3ccc(Cl)s3)CC2)CCOC1. The molecule has 0 spiro atoms. The number of thiophene rings is 1. The van der Waals surface area contributed by atoms with Crippen LogP contribution in [0.25, 0.3) is 0 Å². The Bertz CT molecular complexity index is 508. The van der Waals surface area contributed by atoms with Gasteiger partial charge in [-0.05, 0) is 18.6 Å². The lowest BCUT2D eigenvalue weighted by Gasteiger charge is -2.37. The van der Waals surface area contributed by atoms with E-state index in [0.29, 0.717) is 19.6 Å². The van der Waals surface area contributed by atoms with Crippen molar-refractivity contribution in [2.45, 2.75) is 18.5 Å². The molecule has 7 heteroatoms. The molecule has 1 amide bonds. The minimum Gasteiger partial charge on any atom is -0.379 e. The zero-order valence-electron chi connectivity index (χ0n) is 11.9. The van der Waals surface area contributed by atoms with Crippen LogP contribution in [0.5, 0.6) is 0 Å². The predicted molar refractivity (Wildman–Crippen MR) is 83.5 cm³/mol. The Kier molecular flexibility index (Phi) is 4.51. The van der Waals surface area contributed by atoms with Crippen LogP contribution in [0.4, 0.5) is 0 Å². The van der Waals surface area contributed by atoms with Crippen molar-refractivity contribution in [3.8, 4) is 0 Å². The van der Waals surface area contributed by atoms with Gasteiger partial charge in [0.2, 0.25) is 5.91 Å². The van der Waals surface area contributed by atoms with E-state index in [1.165, 1.54) is 4.88 Å². The predicted octanol–water partition coefficient (Wildman–Crippen LogP) is 1.16. The molecule has 21 heavy (non-hydrogen) atoms. The summed E-state index contributed by atoms with van der Waals surface area (Å²) in [5, 5.41) is 0. The summed E-state index contributed by atoms with van der Waals surface area (Å²) < 4.78 is 6.10. The fourth-order valence-corrected chi connectivity index (χ4v) is 3.96. The highest BCUT2D eigenvalue weighted by Gasteiger charge is 2.41. The highest BCUT2D eigenvalue weighted by Crippen LogP contribution is 2.24. The third-order valence-corrected chi connectivity index (χ3v) is 5.36. The first-order chi connectivity index (χ1) is 10.1. The highest BCUT2D eigenvalue weighted by atomic mass is 35.5. The minimum atomic E-state index is -0.802. The van der Waals surface area contributed by atoms with Crippen LogP contribution in [0.15, 0.2) is 12.1 Å². The number of ether oxygens (including phenoxy) is 1. The van der Waals surface area contributed by atoms with Gasteiger partial charge in [-0.15, -0.1) is 11.3 Å². The Hall–Kier alpha value is -0.660. The maximum Gasteiger partial charge on any atom is 0.245 e. The summed E-state index contributed by atoms with van der Waals surface area (Å²) in [6.45, 7) is 5.04. The second-order valence-electron chi connectivity index (χ2n) is 5.73. The topological polar surface area (TPSA) is 58.8 Å². The molecule has 3 heterocycles. The average Bonchev–Trinajstić information content (AvgIpc) is 3.09. The van der Waals surface area contributed by atoms with Crippen molar-refractivity contribution in [1.29, 1.82) is 0 Å². The van der Waals surface area contributed by atoms with Gasteiger partial charge in [0.1, 0.15) is 5.54 Å². The zero-order valence-corrected chi connectivity index (χ0v) is 13.5. The van der Waals surface area contributed by atoms with Gasteiger partial charge in [0.15, 0.2) is 0 Å². The number of carbonyl (C=O) groups excluding carboxylic acids is 1. The summed E-state index contributed by atoms with van der Waals surface area (Å²) in [6, 6.07) is 3.99. The monoisotopic (exact) mass is 329 g/mol. The van der Waals surface area contributed by atoms with Gasteiger partial charge < -0.3 is 15.4 Å². The van der Waals surface area contributed by atoms with Gasteiger partial charge in [-0.2, -0.15) is 0 Å². The number of hydrogen-bond acceptors (Lipinski definition) is 5. The summed E-state index contributed by atoms with van der Waals surface area (Å²) in [6.07, 6.45) is 0.625. The van der Waals surface area contributed by atoms with Gasteiger partial charge in [-0.3, -0.25) is 9.69 Å². The molecule has 2 aliphatic heterocycles. The van der Waals surface area contributed by atoms with Crippen molar-refractivity contribution < 1.29 is 9.53 Å². The van der Waals surface area contributed by atoms with Crippen LogP contribution in [-0.2, 0) is 16.1 Å². The molecule has 1 aromatic heterocycles. The average molecular weight is 330 g/mol. The maximum absolute atomic E-state index is 12.5. The highest BCUT2D eigenvalue weighted by molar-refractivity contribution is 7.16. The Morgan fingerprint density at radius 2 is 2.14 bits per heavy atom. The Labute approximate surface area is 133 Å². The molecule has 2 N–H and O–H groups in total. The van der Waals surface area contributed by atoms with E-state index in [2.05, 4.69) is 11.0 Å². The third kappa shape index (κ3) is 3.40. The molecule has 2 fully saturated rings. The number of carbonyl (C=O) groups is 1. The second kappa shape index (κ2) is 6.22. The van der Waals surface area contributed by atoms with Crippen LogP contribution in [0, 0.1) is 0 Å². The fraction of sp³-hybridized carbons (Fsp3) is 0.643. The van der Waals surface area contributed by atoms with Gasteiger partial charge >= 0.3 is 0 Å². The molecule has 0 saturated carbocycles. The molecule has 116 valence electrons. The summed E-state index contributed by atoms with van der Waals surface area (Å²) in [5.74, 6) is 0.0406. The van der Waals surface area contributed by atoms with E-state index >= 15 is 0 Å². The molecule has 1 unspecified atom stereocenters. The van der Waals surface area contributed by atoms with E-state index in [1.807, 2.05) is 11.0 Å². The number of piperazine rings is 1. The summed E-state index contributed by atoms with van der Waals surface area (Å²) >= 11 is 7.57. The van der Waals surface area contributed by atoms with Crippen molar-refractivity contribution in [2.24, 2.45) is 5.73 Å². The Morgan fingerprint density at radius 3 is 2.71 bits per heavy atom. The zero-order chi connectivity index (χ0) is 14.9. The standard InChI is InChI=1S/C14H20ClN3O2S/c15-12-2-1-11(21-12)9-17-4-6-18(7-5-17)13(19)14(16)3-8-20-10-14/h1-2H,3-10,16H2. The van der Waals surface area contributed by atoms with Crippen molar-refractivity contribution >= 4 is 28.8 Å². The van der Waals surface area contributed by atoms with Gasteiger partial charge in [0, 0.05) is 44.2 Å². The minimum absolute atomic E-state index is 0.0406. The maximum atomic E-state index is 12.5. The first-order valence-corrected chi connectivity index (χ1v) is 8.39. The van der Waals surface area contributed by atoms with Crippen molar-refractivity contribution in [3.05, 3.63) is 21.3 Å². The third-order valence-electron chi connectivity index (χ3n) is 4.15. The number of rotatable bonds is 3. The molecule has 2 saturated heterocycles. The smallest absolute Gasteiger partial charge is 0.245 e. The molecule has 1 aromatic rings. The van der Waals surface area contributed by atoms with E-state index in [0.717, 1.165) is 37.1 Å². The molecular formula is C14H20ClN3O2S. The summed E-state index contributed by atoms with van der Waals surface area (Å²) in [5.41, 5.74) is 5.35. The van der Waals surface area contributed by atoms with E-state index in [1.54, 1.807) is 11.3 Å². The molecule has 0 radical (unpaired) electrons. The first-order valence-electron chi connectivity index (χ1n) is 7.19. The Balaban J connectivity index is 1.52. The molecule has 2 aliphatic rings. The molecule has 0 aliphatic carbocycles. The Morgan fingerprint density at radius 1 is 1.38 bits per heavy atom. The van der Waals surface area contributed by atoms with Crippen molar-refractivity contribution in [2.75, 3.05) is 39.4 Å². The number of halogens is 1.